The summed E-state index contributed by atoms with van der Waals surface area (Å²) in [6.45, 7) is 12.4. The number of carbonyl (C=O) groups excluding carboxylic acids is 1. The summed E-state index contributed by atoms with van der Waals surface area (Å²) in [4.78, 5) is 33.4. The lowest BCUT2D eigenvalue weighted by Gasteiger charge is -2.05. The number of unbranched alkanes of at least 4 members (excludes halogenated alkanes) is 7. The number of carboxylic acids is 1. The molecule has 1 amide bonds. The second kappa shape index (κ2) is 19.1. The van der Waals surface area contributed by atoms with Gasteiger partial charge in [0.15, 0.2) is 0 Å². The highest BCUT2D eigenvalue weighted by Gasteiger charge is 2.20. The molecule has 304 valence electrons. The van der Waals surface area contributed by atoms with Gasteiger partial charge < -0.3 is 15.0 Å². The van der Waals surface area contributed by atoms with Crippen LogP contribution in [0, 0.1) is 39.0 Å². The van der Waals surface area contributed by atoms with Crippen LogP contribution in [0.5, 0.6) is 0 Å². The molecule has 0 spiro atoms. The minimum atomic E-state index is -0.722. The number of hydrogen-bond donors (Lipinski definition) is 2. The molecule has 0 saturated heterocycles. The van der Waals surface area contributed by atoms with Gasteiger partial charge in [-0.15, -0.1) is 45.3 Å². The molecule has 7 rings (SSSR count). The van der Waals surface area contributed by atoms with Crippen molar-refractivity contribution in [2.24, 2.45) is 0 Å². The van der Waals surface area contributed by atoms with Gasteiger partial charge in [0, 0.05) is 80.3 Å². The van der Waals surface area contributed by atoms with Crippen LogP contribution in [0.2, 0.25) is 0 Å². The highest BCUT2D eigenvalue weighted by Crippen LogP contribution is 2.49. The van der Waals surface area contributed by atoms with Gasteiger partial charge in [-0.3, -0.25) is 9.59 Å². The zero-order valence-electron chi connectivity index (χ0n) is 34.5. The Morgan fingerprint density at radius 2 is 1.22 bits per heavy atom. The molecule has 0 aliphatic heterocycles. The van der Waals surface area contributed by atoms with Crippen molar-refractivity contribution in [2.45, 2.75) is 99.0 Å². The minimum absolute atomic E-state index is 0.130. The first-order valence-electron chi connectivity index (χ1n) is 20.6. The Morgan fingerprint density at radius 1 is 0.678 bits per heavy atom. The number of nitrogens with one attached hydrogen (secondary N) is 1. The van der Waals surface area contributed by atoms with Crippen LogP contribution in [0.15, 0.2) is 72.3 Å². The first kappa shape index (κ1) is 42.3. The number of carboxylic acid groups (broad SMARTS) is 1. The van der Waals surface area contributed by atoms with Gasteiger partial charge in [0.25, 0.3) is 5.91 Å². The third kappa shape index (κ3) is 9.50. The molecule has 2 aromatic carbocycles. The number of aromatic nitrogens is 1. The molecular weight excluding hydrogens is 807 g/mol. The van der Waals surface area contributed by atoms with Crippen LogP contribution in [-0.4, -0.2) is 28.1 Å². The third-order valence-electron chi connectivity index (χ3n) is 11.0. The predicted octanol–water partition coefficient (Wildman–Crippen LogP) is 14.6. The van der Waals surface area contributed by atoms with E-state index in [-0.39, 0.29) is 17.9 Å². The maximum absolute atomic E-state index is 13.0. The van der Waals surface area contributed by atoms with Crippen molar-refractivity contribution >= 4 is 85.1 Å². The molecule has 0 unspecified atom stereocenters. The van der Waals surface area contributed by atoms with Gasteiger partial charge in [0.05, 0.1) is 0 Å². The first-order valence-corrected chi connectivity index (χ1v) is 23.9. The number of benzene rings is 2. The molecular formula is C49H51N3O3S4. The van der Waals surface area contributed by atoms with Crippen LogP contribution in [0.25, 0.3) is 67.6 Å². The van der Waals surface area contributed by atoms with Gasteiger partial charge in [-0.1, -0.05) is 62.8 Å². The molecule has 0 saturated carbocycles. The van der Waals surface area contributed by atoms with E-state index in [4.69, 9.17) is 5.11 Å². The fraction of sp³-hybridized carbons (Fsp3) is 0.327. The summed E-state index contributed by atoms with van der Waals surface area (Å²) in [5.74, 6) is -1.05. The maximum Gasteiger partial charge on any atom is 0.303 e. The van der Waals surface area contributed by atoms with Gasteiger partial charge in [-0.25, -0.2) is 0 Å². The van der Waals surface area contributed by atoms with E-state index >= 15 is 0 Å². The molecule has 7 aromatic rings. The van der Waals surface area contributed by atoms with Crippen LogP contribution in [0.4, 0.5) is 0 Å². The third-order valence-corrected chi connectivity index (χ3v) is 16.5. The Hall–Kier alpha value is -4.79. The van der Waals surface area contributed by atoms with E-state index in [1.54, 1.807) is 17.4 Å². The zero-order valence-corrected chi connectivity index (χ0v) is 37.8. The summed E-state index contributed by atoms with van der Waals surface area (Å²) in [6.07, 6.45) is 9.96. The molecule has 0 atom stereocenters. The molecule has 0 aliphatic rings. The normalized spacial score (nSPS) is 11.8. The number of rotatable bonds is 18. The van der Waals surface area contributed by atoms with Crippen LogP contribution in [-0.2, 0) is 16.1 Å². The second-order valence-electron chi connectivity index (χ2n) is 15.4. The summed E-state index contributed by atoms with van der Waals surface area (Å²) >= 11 is 7.19. The van der Waals surface area contributed by atoms with E-state index in [0.29, 0.717) is 6.54 Å². The van der Waals surface area contributed by atoms with Crippen molar-refractivity contribution < 1.29 is 14.7 Å². The summed E-state index contributed by atoms with van der Waals surface area (Å²) in [7, 11) is 0. The van der Waals surface area contributed by atoms with Crippen LogP contribution < -0.4 is 5.32 Å². The SMILES string of the molecule is CCn1c2ccccc2c2cc(-c3cc(C)c(-c4cc(C)c(-c5cc(C)c(-c6cc(C)c(/C=C(\C#N)C(=O)NCCCCCCCCCCC(=O)O)s6)s5)s4)s3)ccc21. The highest BCUT2D eigenvalue weighted by atomic mass is 32.1. The quantitative estimate of drug-likeness (QED) is 0.0510. The fourth-order valence-corrected chi connectivity index (χ4v) is 13.0. The summed E-state index contributed by atoms with van der Waals surface area (Å²) in [5, 5.41) is 24.2. The number of aliphatic carboxylic acids is 1. The smallest absolute Gasteiger partial charge is 0.303 e. The van der Waals surface area contributed by atoms with E-state index in [0.717, 1.165) is 73.2 Å². The average Bonchev–Trinajstić information content (AvgIpc) is 4.05. The van der Waals surface area contributed by atoms with Gasteiger partial charge in [-0.2, -0.15) is 5.26 Å². The van der Waals surface area contributed by atoms with Crippen molar-refractivity contribution in [3.05, 3.63) is 99.4 Å². The molecule has 10 heteroatoms. The van der Waals surface area contributed by atoms with Crippen LogP contribution in [0.3, 0.4) is 0 Å². The van der Waals surface area contributed by atoms with E-state index in [2.05, 4.69) is 110 Å². The molecule has 0 aliphatic carbocycles. The molecule has 59 heavy (non-hydrogen) atoms. The average molecular weight is 858 g/mol. The van der Waals surface area contributed by atoms with E-state index in [1.165, 1.54) is 73.3 Å². The van der Waals surface area contributed by atoms with Gasteiger partial charge >= 0.3 is 5.97 Å². The lowest BCUT2D eigenvalue weighted by atomic mass is 10.1. The summed E-state index contributed by atoms with van der Waals surface area (Å²) in [5.41, 5.74) is 8.81. The first-order chi connectivity index (χ1) is 28.6. The largest absolute Gasteiger partial charge is 0.481 e. The summed E-state index contributed by atoms with van der Waals surface area (Å²) < 4.78 is 2.40. The van der Waals surface area contributed by atoms with Crippen molar-refractivity contribution in [2.75, 3.05) is 6.54 Å². The molecule has 5 heterocycles. The number of aryl methyl sites for hydroxylation is 5. The molecule has 0 bridgehead atoms. The lowest BCUT2D eigenvalue weighted by Crippen LogP contribution is -2.25. The fourth-order valence-electron chi connectivity index (χ4n) is 7.88. The van der Waals surface area contributed by atoms with Gasteiger partial charge in [-0.05, 0) is 124 Å². The summed E-state index contributed by atoms with van der Waals surface area (Å²) in [6, 6.07) is 26.9. The molecule has 5 aromatic heterocycles. The number of fused-ring (bicyclic) bond motifs is 3. The Bertz CT molecular complexity index is 2710. The predicted molar refractivity (Wildman–Crippen MR) is 253 cm³/mol. The molecule has 6 nitrogen and oxygen atoms in total. The van der Waals surface area contributed by atoms with Gasteiger partial charge in [0.1, 0.15) is 11.6 Å². The zero-order chi connectivity index (χ0) is 41.6. The van der Waals surface area contributed by atoms with Crippen molar-refractivity contribution in [1.82, 2.24) is 9.88 Å². The van der Waals surface area contributed by atoms with Gasteiger partial charge in [0.2, 0.25) is 0 Å². The van der Waals surface area contributed by atoms with Crippen molar-refractivity contribution in [3.63, 3.8) is 0 Å². The number of hydrogen-bond acceptors (Lipinski definition) is 7. The number of carbonyl (C=O) groups is 2. The lowest BCUT2D eigenvalue weighted by molar-refractivity contribution is -0.137. The molecule has 2 N–H and O–H groups in total. The monoisotopic (exact) mass is 857 g/mol. The number of para-hydroxylation sites is 1. The maximum atomic E-state index is 13.0. The van der Waals surface area contributed by atoms with Crippen molar-refractivity contribution in [1.29, 1.82) is 5.26 Å². The number of nitriles is 1. The number of thiophene rings is 4. The highest BCUT2D eigenvalue weighted by molar-refractivity contribution is 7.29. The standard InChI is InChI=1S/C49H51N3O3S4/c1-6-52-38-18-15-14-17-36(38)37-27-34(20-21-39(37)52)41-24-31(3)47(57-41)43-26-33(5)48(59-43)44-25-32(4)46(58-44)42-23-30(2)40(56-42)28-35(29-50)49(55)51-22-16-12-10-8-7-9-11-13-19-45(53)54/h14-15,17-18,20-21,23-28H,6-13,16,19,22H2,1-5H3,(H,51,55)(H,53,54)/b35-28+. The Morgan fingerprint density at radius 3 is 1.85 bits per heavy atom. The van der Waals surface area contributed by atoms with Crippen LogP contribution in [0.1, 0.15) is 91.8 Å². The molecule has 0 radical (unpaired) electrons. The van der Waals surface area contributed by atoms with Crippen molar-refractivity contribution in [3.8, 4) is 45.8 Å². The second-order valence-corrected chi connectivity index (χ2v) is 19.7. The number of nitrogens with zero attached hydrogens (tertiary/aromatic N) is 2. The van der Waals surface area contributed by atoms with E-state index in [1.807, 2.05) is 40.9 Å². The van der Waals surface area contributed by atoms with E-state index in [9.17, 15) is 14.9 Å². The number of amides is 1. The molecule has 0 fully saturated rings. The Labute approximate surface area is 363 Å². The van der Waals surface area contributed by atoms with E-state index < -0.39 is 5.97 Å². The van der Waals surface area contributed by atoms with Crippen LogP contribution >= 0.6 is 45.3 Å². The minimum Gasteiger partial charge on any atom is -0.481 e. The Balaban J connectivity index is 1.01. The topological polar surface area (TPSA) is 95.1 Å². The Kier molecular flexibility index (Phi) is 13.7.